The van der Waals surface area contributed by atoms with E-state index in [-0.39, 0.29) is 25.7 Å². The molecule has 0 aliphatic heterocycles. The third-order valence-electron chi connectivity index (χ3n) is 2.46. The molecule has 0 fully saturated rings. The van der Waals surface area contributed by atoms with Crippen molar-refractivity contribution in [1.82, 2.24) is 5.32 Å². The Balaban J connectivity index is 4.01. The van der Waals surface area contributed by atoms with E-state index in [1.54, 1.807) is 14.0 Å². The summed E-state index contributed by atoms with van der Waals surface area (Å²) in [5.74, 6) is -0.198. The molecule has 0 aromatic heterocycles. The largest absolute Gasteiger partial charge is 0.464 e. The molecular formula is C14H27NO6. The lowest BCUT2D eigenvalue weighted by molar-refractivity contribution is -0.146. The van der Waals surface area contributed by atoms with Crippen molar-refractivity contribution in [2.24, 2.45) is 5.92 Å². The number of carbonyl (C=O) groups excluding carboxylic acids is 2. The topological polar surface area (TPSA) is 83.1 Å². The first-order valence-electron chi connectivity index (χ1n) is 7.17. The van der Waals surface area contributed by atoms with E-state index in [2.05, 4.69) is 5.32 Å². The number of carbonyl (C=O) groups is 2. The van der Waals surface area contributed by atoms with Crippen molar-refractivity contribution in [3.8, 4) is 0 Å². The number of hydrogen-bond donors (Lipinski definition) is 1. The second kappa shape index (κ2) is 12.4. The highest BCUT2D eigenvalue weighted by molar-refractivity contribution is 5.81. The highest BCUT2D eigenvalue weighted by Crippen LogP contribution is 2.06. The predicted octanol–water partition coefficient (Wildman–Crippen LogP) is 1.35. The van der Waals surface area contributed by atoms with Gasteiger partial charge in [-0.2, -0.15) is 0 Å². The number of alkyl carbamates (subject to hydrolysis) is 1. The van der Waals surface area contributed by atoms with Gasteiger partial charge in [-0.1, -0.05) is 13.8 Å². The molecule has 0 rings (SSSR count). The van der Waals surface area contributed by atoms with Gasteiger partial charge in [-0.15, -0.1) is 0 Å². The monoisotopic (exact) mass is 305 g/mol. The fraction of sp³-hybridized carbons (Fsp3) is 0.857. The highest BCUT2D eigenvalue weighted by atomic mass is 16.6. The zero-order valence-electron chi connectivity index (χ0n) is 13.3. The van der Waals surface area contributed by atoms with Gasteiger partial charge in [0.2, 0.25) is 0 Å². The molecule has 0 saturated carbocycles. The Morgan fingerprint density at radius 1 is 1.05 bits per heavy atom. The van der Waals surface area contributed by atoms with E-state index in [0.717, 1.165) is 0 Å². The van der Waals surface area contributed by atoms with E-state index in [0.29, 0.717) is 19.6 Å². The zero-order valence-corrected chi connectivity index (χ0v) is 13.3. The summed E-state index contributed by atoms with van der Waals surface area (Å²) in [6.45, 7) is 7.26. The zero-order chi connectivity index (χ0) is 16.1. The standard InChI is InChI=1S/C14H27NO6/c1-5-20-13(16)12(10-11(2)3)15-14(17)21-9-8-19-7-6-18-4/h11-12H,5-10H2,1-4H3,(H,15,17)/t12-/m0/s1. The van der Waals surface area contributed by atoms with E-state index >= 15 is 0 Å². The first-order valence-corrected chi connectivity index (χ1v) is 7.17. The third-order valence-corrected chi connectivity index (χ3v) is 2.46. The smallest absolute Gasteiger partial charge is 0.407 e. The van der Waals surface area contributed by atoms with Crippen LogP contribution in [0.3, 0.4) is 0 Å². The number of methoxy groups -OCH3 is 1. The average molecular weight is 305 g/mol. The Labute approximate surface area is 126 Å². The van der Waals surface area contributed by atoms with Gasteiger partial charge >= 0.3 is 12.1 Å². The summed E-state index contributed by atoms with van der Waals surface area (Å²) in [4.78, 5) is 23.3. The molecular weight excluding hydrogens is 278 g/mol. The van der Waals surface area contributed by atoms with Crippen molar-refractivity contribution in [3.63, 3.8) is 0 Å². The molecule has 1 N–H and O–H groups in total. The van der Waals surface area contributed by atoms with Crippen molar-refractivity contribution in [2.45, 2.75) is 33.2 Å². The van der Waals surface area contributed by atoms with Crippen molar-refractivity contribution in [3.05, 3.63) is 0 Å². The van der Waals surface area contributed by atoms with Crippen LogP contribution in [0, 0.1) is 5.92 Å². The number of nitrogens with one attached hydrogen (secondary N) is 1. The molecule has 0 aromatic rings. The second-order valence-corrected chi connectivity index (χ2v) is 4.82. The van der Waals surface area contributed by atoms with Gasteiger partial charge in [0.15, 0.2) is 0 Å². The minimum atomic E-state index is -0.688. The number of ether oxygens (including phenoxy) is 4. The van der Waals surface area contributed by atoms with Crippen LogP contribution in [0.1, 0.15) is 27.2 Å². The van der Waals surface area contributed by atoms with Crippen LogP contribution in [-0.2, 0) is 23.7 Å². The van der Waals surface area contributed by atoms with Gasteiger partial charge in [0.05, 0.1) is 26.4 Å². The minimum absolute atomic E-state index is 0.118. The van der Waals surface area contributed by atoms with Crippen LogP contribution in [0.2, 0.25) is 0 Å². The van der Waals surface area contributed by atoms with E-state index < -0.39 is 18.1 Å². The molecule has 0 bridgehead atoms. The fourth-order valence-electron chi connectivity index (χ4n) is 1.55. The van der Waals surface area contributed by atoms with Gasteiger partial charge in [0, 0.05) is 7.11 Å². The van der Waals surface area contributed by atoms with Crippen LogP contribution in [0.25, 0.3) is 0 Å². The molecule has 0 aliphatic rings. The number of esters is 1. The maximum Gasteiger partial charge on any atom is 0.407 e. The molecule has 7 nitrogen and oxygen atoms in total. The first kappa shape index (κ1) is 19.7. The molecule has 124 valence electrons. The molecule has 1 amide bonds. The molecule has 0 heterocycles. The number of amides is 1. The predicted molar refractivity (Wildman–Crippen MR) is 77.1 cm³/mol. The maximum atomic E-state index is 11.7. The Morgan fingerprint density at radius 3 is 2.29 bits per heavy atom. The minimum Gasteiger partial charge on any atom is -0.464 e. The molecule has 0 aromatic carbocycles. The highest BCUT2D eigenvalue weighted by Gasteiger charge is 2.23. The molecule has 0 unspecified atom stereocenters. The van der Waals surface area contributed by atoms with Crippen molar-refractivity contribution < 1.29 is 28.5 Å². The number of rotatable bonds is 11. The van der Waals surface area contributed by atoms with E-state index in [1.165, 1.54) is 0 Å². The van der Waals surface area contributed by atoms with Gasteiger partial charge in [-0.3, -0.25) is 0 Å². The molecule has 0 saturated heterocycles. The quantitative estimate of drug-likeness (QED) is 0.458. The molecule has 21 heavy (non-hydrogen) atoms. The van der Waals surface area contributed by atoms with Gasteiger partial charge in [-0.25, -0.2) is 9.59 Å². The molecule has 7 heteroatoms. The van der Waals surface area contributed by atoms with E-state index in [9.17, 15) is 9.59 Å². The fourth-order valence-corrected chi connectivity index (χ4v) is 1.55. The van der Waals surface area contributed by atoms with Gasteiger partial charge < -0.3 is 24.3 Å². The second-order valence-electron chi connectivity index (χ2n) is 4.82. The molecule has 0 spiro atoms. The Bertz CT molecular complexity index is 295. The Kier molecular flexibility index (Phi) is 11.6. The van der Waals surface area contributed by atoms with E-state index in [4.69, 9.17) is 18.9 Å². The maximum absolute atomic E-state index is 11.7. The first-order chi connectivity index (χ1) is 10.0. The van der Waals surface area contributed by atoms with Gasteiger partial charge in [0.25, 0.3) is 0 Å². The van der Waals surface area contributed by atoms with Gasteiger partial charge in [0.1, 0.15) is 12.6 Å². The third kappa shape index (κ3) is 11.0. The summed E-state index contributed by atoms with van der Waals surface area (Å²) in [7, 11) is 1.58. The summed E-state index contributed by atoms with van der Waals surface area (Å²) < 4.78 is 19.8. The lowest BCUT2D eigenvalue weighted by atomic mass is 10.0. The van der Waals surface area contributed by atoms with Gasteiger partial charge in [-0.05, 0) is 19.3 Å². The molecule has 1 atom stereocenters. The SMILES string of the molecule is CCOC(=O)[C@H](CC(C)C)NC(=O)OCCOCCOC. The van der Waals surface area contributed by atoms with Crippen LogP contribution in [0.5, 0.6) is 0 Å². The summed E-state index contributed by atoms with van der Waals surface area (Å²) in [6.07, 6.45) is -0.151. The normalized spacial score (nSPS) is 12.0. The molecule has 0 radical (unpaired) electrons. The Morgan fingerprint density at radius 2 is 1.71 bits per heavy atom. The van der Waals surface area contributed by atoms with E-state index in [1.807, 2.05) is 13.8 Å². The van der Waals surface area contributed by atoms with Crippen LogP contribution >= 0.6 is 0 Å². The van der Waals surface area contributed by atoms with Crippen molar-refractivity contribution in [1.29, 1.82) is 0 Å². The Hall–Kier alpha value is -1.34. The van der Waals surface area contributed by atoms with Crippen LogP contribution in [-0.4, -0.2) is 58.2 Å². The average Bonchev–Trinajstić information content (AvgIpc) is 2.41. The van der Waals surface area contributed by atoms with Crippen molar-refractivity contribution >= 4 is 12.1 Å². The summed E-state index contributed by atoms with van der Waals surface area (Å²) in [6, 6.07) is -0.688. The lowest BCUT2D eigenvalue weighted by Crippen LogP contribution is -2.43. The molecule has 0 aliphatic carbocycles. The van der Waals surface area contributed by atoms with Crippen LogP contribution in [0.15, 0.2) is 0 Å². The summed E-state index contributed by atoms with van der Waals surface area (Å²) in [5.41, 5.74) is 0. The lowest BCUT2D eigenvalue weighted by Gasteiger charge is -2.18. The summed E-state index contributed by atoms with van der Waals surface area (Å²) in [5, 5.41) is 2.52. The summed E-state index contributed by atoms with van der Waals surface area (Å²) >= 11 is 0. The van der Waals surface area contributed by atoms with Crippen molar-refractivity contribution in [2.75, 3.05) is 40.1 Å². The van der Waals surface area contributed by atoms with Crippen LogP contribution < -0.4 is 5.32 Å². The van der Waals surface area contributed by atoms with Crippen LogP contribution in [0.4, 0.5) is 4.79 Å². The number of hydrogen-bond acceptors (Lipinski definition) is 6.